The van der Waals surface area contributed by atoms with Crippen molar-refractivity contribution in [2.45, 2.75) is 26.2 Å². The molecule has 1 aromatic heterocycles. The van der Waals surface area contributed by atoms with Crippen LogP contribution in [0.2, 0.25) is 0 Å². The normalized spacial score (nSPS) is 11.2. The molecule has 0 aliphatic heterocycles. The fraction of sp³-hybridized carbons (Fsp3) is 0.353. The maximum atomic E-state index is 11.7. The lowest BCUT2D eigenvalue weighted by Crippen LogP contribution is -2.16. The zero-order chi connectivity index (χ0) is 16.5. The number of anilines is 2. The molecule has 1 aromatic carbocycles. The van der Waals surface area contributed by atoms with Crippen molar-refractivity contribution in [3.8, 4) is 0 Å². The Hall–Kier alpha value is -2.08. The van der Waals surface area contributed by atoms with Crippen molar-refractivity contribution in [2.75, 3.05) is 22.3 Å². The first-order valence-electron chi connectivity index (χ1n) is 7.83. The molecule has 0 saturated heterocycles. The smallest absolute Gasteiger partial charge is 0.232 e. The molecule has 0 aliphatic carbocycles. The van der Waals surface area contributed by atoms with Crippen LogP contribution in [-0.4, -0.2) is 25.7 Å². The molecular weight excluding hydrogens is 310 g/mol. The summed E-state index contributed by atoms with van der Waals surface area (Å²) >= 11 is 0. The molecule has 0 fully saturated rings. The van der Waals surface area contributed by atoms with Gasteiger partial charge in [0, 0.05) is 6.54 Å². The lowest BCUT2D eigenvalue weighted by Gasteiger charge is -2.09. The van der Waals surface area contributed by atoms with E-state index < -0.39 is 10.0 Å². The van der Waals surface area contributed by atoms with Crippen molar-refractivity contribution in [3.05, 3.63) is 54.2 Å². The van der Waals surface area contributed by atoms with E-state index in [0.29, 0.717) is 12.1 Å². The number of aryl methyl sites for hydroxylation is 1. The number of pyridine rings is 1. The average molecular weight is 333 g/mol. The first-order valence-corrected chi connectivity index (χ1v) is 9.48. The Kier molecular flexibility index (Phi) is 6.40. The fourth-order valence-corrected chi connectivity index (χ4v) is 3.33. The van der Waals surface area contributed by atoms with Crippen LogP contribution in [0.4, 0.5) is 11.5 Å². The number of benzene rings is 1. The van der Waals surface area contributed by atoms with Crippen molar-refractivity contribution >= 4 is 21.5 Å². The Labute approximate surface area is 138 Å². The van der Waals surface area contributed by atoms with Crippen molar-refractivity contribution in [1.82, 2.24) is 4.98 Å². The molecule has 2 N–H and O–H groups in total. The second-order valence-corrected chi connectivity index (χ2v) is 7.21. The van der Waals surface area contributed by atoms with Gasteiger partial charge in [0.05, 0.1) is 17.6 Å². The second kappa shape index (κ2) is 8.53. The highest BCUT2D eigenvalue weighted by atomic mass is 32.2. The van der Waals surface area contributed by atoms with Gasteiger partial charge in [-0.25, -0.2) is 13.4 Å². The summed E-state index contributed by atoms with van der Waals surface area (Å²) in [6, 6.07) is 13.9. The lowest BCUT2D eigenvalue weighted by molar-refractivity contribution is 0.600. The first kappa shape index (κ1) is 17.3. The third-order valence-electron chi connectivity index (χ3n) is 3.30. The van der Waals surface area contributed by atoms with Crippen molar-refractivity contribution in [1.29, 1.82) is 0 Å². The highest BCUT2D eigenvalue weighted by Crippen LogP contribution is 2.12. The summed E-state index contributed by atoms with van der Waals surface area (Å²) in [6.45, 7) is 2.66. The third-order valence-corrected chi connectivity index (χ3v) is 4.79. The van der Waals surface area contributed by atoms with E-state index in [1.165, 1.54) is 11.8 Å². The van der Waals surface area contributed by atoms with Gasteiger partial charge in [0.15, 0.2) is 0 Å². The van der Waals surface area contributed by atoms with Crippen LogP contribution in [0, 0.1) is 0 Å². The van der Waals surface area contributed by atoms with Gasteiger partial charge in [-0.05, 0) is 37.0 Å². The topological polar surface area (TPSA) is 71.1 Å². The standard InChI is InChI=1S/C17H23N3O2S/c1-2-13-23(21,22)20-16-10-11-17(19-14-16)18-12-6-9-15-7-4-3-5-8-15/h3-5,7-8,10-11,14,20H,2,6,9,12-13H2,1H3,(H,18,19). The maximum absolute atomic E-state index is 11.7. The Morgan fingerprint density at radius 3 is 2.52 bits per heavy atom. The van der Waals surface area contributed by atoms with Gasteiger partial charge in [0.1, 0.15) is 5.82 Å². The van der Waals surface area contributed by atoms with Crippen LogP contribution in [0.25, 0.3) is 0 Å². The van der Waals surface area contributed by atoms with Gasteiger partial charge in [-0.15, -0.1) is 0 Å². The molecule has 2 rings (SSSR count). The summed E-state index contributed by atoms with van der Waals surface area (Å²) in [5, 5.41) is 3.24. The molecule has 0 saturated carbocycles. The van der Waals surface area contributed by atoms with E-state index in [4.69, 9.17) is 0 Å². The zero-order valence-electron chi connectivity index (χ0n) is 13.3. The van der Waals surface area contributed by atoms with Gasteiger partial charge < -0.3 is 5.32 Å². The summed E-state index contributed by atoms with van der Waals surface area (Å²) < 4.78 is 25.9. The van der Waals surface area contributed by atoms with E-state index in [0.717, 1.165) is 25.2 Å². The van der Waals surface area contributed by atoms with Crippen molar-refractivity contribution in [3.63, 3.8) is 0 Å². The summed E-state index contributed by atoms with van der Waals surface area (Å²) in [5.74, 6) is 0.864. The molecule has 2 aromatic rings. The van der Waals surface area contributed by atoms with Gasteiger partial charge >= 0.3 is 0 Å². The number of hydrogen-bond donors (Lipinski definition) is 2. The quantitative estimate of drug-likeness (QED) is 0.691. The highest BCUT2D eigenvalue weighted by Gasteiger charge is 2.08. The van der Waals surface area contributed by atoms with E-state index in [-0.39, 0.29) is 5.75 Å². The molecule has 0 unspecified atom stereocenters. The average Bonchev–Trinajstić information content (AvgIpc) is 2.54. The number of aromatic nitrogens is 1. The minimum atomic E-state index is -3.26. The van der Waals surface area contributed by atoms with Gasteiger partial charge in [0.2, 0.25) is 10.0 Å². The monoisotopic (exact) mass is 333 g/mol. The molecule has 124 valence electrons. The summed E-state index contributed by atoms with van der Waals surface area (Å²) in [7, 11) is -3.26. The van der Waals surface area contributed by atoms with Crippen LogP contribution >= 0.6 is 0 Å². The molecule has 0 spiro atoms. The van der Waals surface area contributed by atoms with E-state index in [1.54, 1.807) is 12.1 Å². The minimum Gasteiger partial charge on any atom is -0.370 e. The molecular formula is C17H23N3O2S. The molecule has 6 heteroatoms. The summed E-state index contributed by atoms with van der Waals surface area (Å²) in [5.41, 5.74) is 1.82. The Morgan fingerprint density at radius 2 is 1.87 bits per heavy atom. The highest BCUT2D eigenvalue weighted by molar-refractivity contribution is 7.92. The fourth-order valence-electron chi connectivity index (χ4n) is 2.21. The third kappa shape index (κ3) is 6.28. The van der Waals surface area contributed by atoms with Crippen LogP contribution in [-0.2, 0) is 16.4 Å². The lowest BCUT2D eigenvalue weighted by atomic mass is 10.1. The number of hydrogen-bond acceptors (Lipinski definition) is 4. The Balaban J connectivity index is 1.77. The number of nitrogens with one attached hydrogen (secondary N) is 2. The van der Waals surface area contributed by atoms with Gasteiger partial charge in [-0.2, -0.15) is 0 Å². The van der Waals surface area contributed by atoms with E-state index in [1.807, 2.05) is 25.1 Å². The van der Waals surface area contributed by atoms with Crippen molar-refractivity contribution in [2.24, 2.45) is 0 Å². The number of rotatable bonds is 9. The van der Waals surface area contributed by atoms with Gasteiger partial charge in [-0.3, -0.25) is 4.72 Å². The predicted molar refractivity (Wildman–Crippen MR) is 95.2 cm³/mol. The molecule has 0 amide bonds. The van der Waals surface area contributed by atoms with E-state index in [2.05, 4.69) is 27.2 Å². The van der Waals surface area contributed by atoms with Crippen LogP contribution in [0.3, 0.4) is 0 Å². The molecule has 1 heterocycles. The molecule has 0 radical (unpaired) electrons. The number of sulfonamides is 1. The molecule has 0 bridgehead atoms. The van der Waals surface area contributed by atoms with Crippen molar-refractivity contribution < 1.29 is 8.42 Å². The number of nitrogens with zero attached hydrogens (tertiary/aromatic N) is 1. The first-order chi connectivity index (χ1) is 11.1. The largest absolute Gasteiger partial charge is 0.370 e. The zero-order valence-corrected chi connectivity index (χ0v) is 14.1. The predicted octanol–water partition coefficient (Wildman–Crippen LogP) is 3.28. The Morgan fingerprint density at radius 1 is 1.09 bits per heavy atom. The molecule has 23 heavy (non-hydrogen) atoms. The van der Waals surface area contributed by atoms with Gasteiger partial charge in [-0.1, -0.05) is 37.3 Å². The van der Waals surface area contributed by atoms with E-state index >= 15 is 0 Å². The summed E-state index contributed by atoms with van der Waals surface area (Å²) in [4.78, 5) is 4.23. The molecule has 0 aliphatic rings. The van der Waals surface area contributed by atoms with Crippen LogP contribution in [0.5, 0.6) is 0 Å². The van der Waals surface area contributed by atoms with Crippen LogP contribution in [0.1, 0.15) is 25.3 Å². The second-order valence-electron chi connectivity index (χ2n) is 5.37. The molecule has 0 atom stereocenters. The Bertz CT molecular complexity index is 686. The van der Waals surface area contributed by atoms with Crippen LogP contribution in [0.15, 0.2) is 48.7 Å². The van der Waals surface area contributed by atoms with Crippen LogP contribution < -0.4 is 10.0 Å². The SMILES string of the molecule is CCCS(=O)(=O)Nc1ccc(NCCCc2ccccc2)nc1. The van der Waals surface area contributed by atoms with Gasteiger partial charge in [0.25, 0.3) is 0 Å². The maximum Gasteiger partial charge on any atom is 0.232 e. The summed E-state index contributed by atoms with van der Waals surface area (Å²) in [6.07, 6.45) is 4.15. The molecule has 5 nitrogen and oxygen atoms in total. The van der Waals surface area contributed by atoms with E-state index in [9.17, 15) is 8.42 Å². The minimum absolute atomic E-state index is 0.118.